The summed E-state index contributed by atoms with van der Waals surface area (Å²) in [4.78, 5) is 0. The van der Waals surface area contributed by atoms with Crippen LogP contribution in [-0.4, -0.2) is 13.2 Å². The highest BCUT2D eigenvalue weighted by Crippen LogP contribution is 2.23. The first-order chi connectivity index (χ1) is 21.2. The maximum Gasteiger partial charge on any atom is 0.0716 e. The number of ether oxygens (including phenoxy) is 2. The Morgan fingerprint density at radius 1 is 0.409 bits per heavy atom. The Hall–Kier alpha value is -1.90. The average molecular weight is 605 g/mol. The minimum absolute atomic E-state index is 0.217. The van der Waals surface area contributed by atoms with E-state index >= 15 is 0 Å². The second-order valence-corrected chi connectivity index (χ2v) is 15.0. The predicted molar refractivity (Wildman–Crippen MR) is 193 cm³/mol. The standard InChI is InChI=1S/C42H68O2/c1-41(2,3)39-29-25-37(26-30-39)35-43-33-23-21-19-17-15-13-11-9-7-8-10-12-14-16-18-20-22-24-34-44-36-38-27-31-40(32-28-38)42(4,5)6/h7-8,25-32H,9-24,33-36H2,1-6H3. The Bertz CT molecular complexity index is 891. The van der Waals surface area contributed by atoms with Crippen LogP contribution in [0.4, 0.5) is 0 Å². The zero-order valence-electron chi connectivity index (χ0n) is 29.7. The molecule has 0 amide bonds. The smallest absolute Gasteiger partial charge is 0.0716 e. The van der Waals surface area contributed by atoms with Crippen molar-refractivity contribution in [3.05, 3.63) is 82.9 Å². The molecule has 0 fully saturated rings. The van der Waals surface area contributed by atoms with E-state index in [0.717, 1.165) is 26.4 Å². The van der Waals surface area contributed by atoms with Crippen LogP contribution in [0.1, 0.15) is 167 Å². The first kappa shape index (κ1) is 38.3. The molecule has 0 aromatic heterocycles. The molecular formula is C42H68O2. The third-order valence-electron chi connectivity index (χ3n) is 8.66. The quantitative estimate of drug-likeness (QED) is 0.0876. The topological polar surface area (TPSA) is 18.5 Å². The summed E-state index contributed by atoms with van der Waals surface area (Å²) in [5, 5.41) is 0. The van der Waals surface area contributed by atoms with Gasteiger partial charge in [0, 0.05) is 13.2 Å². The van der Waals surface area contributed by atoms with Crippen molar-refractivity contribution in [1.82, 2.24) is 0 Å². The van der Waals surface area contributed by atoms with Crippen LogP contribution in [0, 0.1) is 0 Å². The normalized spacial score (nSPS) is 12.4. The Morgan fingerprint density at radius 2 is 0.705 bits per heavy atom. The van der Waals surface area contributed by atoms with E-state index in [4.69, 9.17) is 9.47 Å². The number of hydrogen-bond acceptors (Lipinski definition) is 2. The highest BCUT2D eigenvalue weighted by molar-refractivity contribution is 5.28. The zero-order chi connectivity index (χ0) is 31.9. The lowest BCUT2D eigenvalue weighted by Gasteiger charge is -2.19. The maximum absolute atomic E-state index is 5.89. The predicted octanol–water partition coefficient (Wildman–Crippen LogP) is 12.8. The molecule has 0 radical (unpaired) electrons. The summed E-state index contributed by atoms with van der Waals surface area (Å²) < 4.78 is 11.8. The van der Waals surface area contributed by atoms with Crippen molar-refractivity contribution in [2.75, 3.05) is 13.2 Å². The van der Waals surface area contributed by atoms with E-state index in [0.29, 0.717) is 0 Å². The molecular weight excluding hydrogens is 536 g/mol. The Kier molecular flexibility index (Phi) is 19.6. The second-order valence-electron chi connectivity index (χ2n) is 15.0. The van der Waals surface area contributed by atoms with Crippen molar-refractivity contribution >= 4 is 0 Å². The van der Waals surface area contributed by atoms with Crippen LogP contribution < -0.4 is 0 Å². The fourth-order valence-electron chi connectivity index (χ4n) is 5.52. The van der Waals surface area contributed by atoms with Gasteiger partial charge in [0.25, 0.3) is 0 Å². The molecule has 0 unspecified atom stereocenters. The lowest BCUT2D eigenvalue weighted by atomic mass is 9.87. The van der Waals surface area contributed by atoms with Crippen LogP contribution in [-0.2, 0) is 33.5 Å². The molecule has 0 aliphatic rings. The first-order valence-corrected chi connectivity index (χ1v) is 18.2. The lowest BCUT2D eigenvalue weighted by Crippen LogP contribution is -2.10. The number of rotatable bonds is 24. The molecule has 0 aliphatic carbocycles. The van der Waals surface area contributed by atoms with E-state index < -0.39 is 0 Å². The fraction of sp³-hybridized carbons (Fsp3) is 0.667. The molecule has 2 heteroatoms. The Morgan fingerprint density at radius 3 is 1.02 bits per heavy atom. The van der Waals surface area contributed by atoms with Gasteiger partial charge in [-0.2, -0.15) is 0 Å². The third kappa shape index (κ3) is 18.8. The van der Waals surface area contributed by atoms with Gasteiger partial charge in [-0.05, 0) is 71.6 Å². The molecule has 0 saturated heterocycles. The van der Waals surface area contributed by atoms with Crippen LogP contribution in [0.5, 0.6) is 0 Å². The number of hydrogen-bond donors (Lipinski definition) is 0. The molecule has 44 heavy (non-hydrogen) atoms. The largest absolute Gasteiger partial charge is 0.377 e. The van der Waals surface area contributed by atoms with Crippen LogP contribution in [0.2, 0.25) is 0 Å². The summed E-state index contributed by atoms with van der Waals surface area (Å²) in [5.74, 6) is 0. The molecule has 2 nitrogen and oxygen atoms in total. The number of benzene rings is 2. The minimum Gasteiger partial charge on any atom is -0.377 e. The molecule has 0 spiro atoms. The van der Waals surface area contributed by atoms with Gasteiger partial charge in [0.1, 0.15) is 0 Å². The van der Waals surface area contributed by atoms with Gasteiger partial charge in [-0.15, -0.1) is 0 Å². The molecule has 2 aromatic carbocycles. The molecule has 0 atom stereocenters. The van der Waals surface area contributed by atoms with Gasteiger partial charge in [-0.25, -0.2) is 0 Å². The highest BCUT2D eigenvalue weighted by atomic mass is 16.5. The summed E-state index contributed by atoms with van der Waals surface area (Å²) in [6.45, 7) is 16.8. The van der Waals surface area contributed by atoms with E-state index in [1.807, 2.05) is 0 Å². The van der Waals surface area contributed by atoms with Gasteiger partial charge >= 0.3 is 0 Å². The number of allylic oxidation sites excluding steroid dienone is 2. The summed E-state index contributed by atoms with van der Waals surface area (Å²) in [6.07, 6.45) is 26.0. The van der Waals surface area contributed by atoms with Crippen LogP contribution in [0.25, 0.3) is 0 Å². The molecule has 2 aromatic rings. The van der Waals surface area contributed by atoms with Crippen molar-refractivity contribution in [2.45, 2.75) is 168 Å². The molecule has 0 aliphatic heterocycles. The van der Waals surface area contributed by atoms with E-state index in [9.17, 15) is 0 Å². The average Bonchev–Trinajstić information content (AvgIpc) is 2.99. The van der Waals surface area contributed by atoms with E-state index in [-0.39, 0.29) is 10.8 Å². The van der Waals surface area contributed by atoms with E-state index in [1.54, 1.807) is 0 Å². The van der Waals surface area contributed by atoms with Crippen LogP contribution >= 0.6 is 0 Å². The van der Waals surface area contributed by atoms with Crippen molar-refractivity contribution in [3.8, 4) is 0 Å². The monoisotopic (exact) mass is 605 g/mol. The number of unbranched alkanes of at least 4 members (excludes halogenated alkanes) is 14. The molecule has 0 bridgehead atoms. The second kappa shape index (κ2) is 22.6. The van der Waals surface area contributed by atoms with Gasteiger partial charge in [0.05, 0.1) is 13.2 Å². The highest BCUT2D eigenvalue weighted by Gasteiger charge is 2.13. The molecule has 0 saturated carbocycles. The van der Waals surface area contributed by atoms with E-state index in [2.05, 4.69) is 102 Å². The van der Waals surface area contributed by atoms with E-state index in [1.165, 1.54) is 125 Å². The SMILES string of the molecule is CC(C)(C)c1ccc(COCCCCCCCCCC=CCCCCCCCCCOCc2ccc(C(C)(C)C)cc2)cc1. The van der Waals surface area contributed by atoms with Crippen molar-refractivity contribution in [2.24, 2.45) is 0 Å². The van der Waals surface area contributed by atoms with Crippen LogP contribution in [0.3, 0.4) is 0 Å². The van der Waals surface area contributed by atoms with Gasteiger partial charge in [0.2, 0.25) is 0 Å². The Labute approximate surface area is 273 Å². The fourth-order valence-corrected chi connectivity index (χ4v) is 5.52. The van der Waals surface area contributed by atoms with Gasteiger partial charge in [-0.3, -0.25) is 0 Å². The summed E-state index contributed by atoms with van der Waals surface area (Å²) in [5.41, 5.74) is 5.77. The first-order valence-electron chi connectivity index (χ1n) is 18.2. The molecule has 0 heterocycles. The molecule has 2 rings (SSSR count). The summed E-state index contributed by atoms with van der Waals surface area (Å²) >= 11 is 0. The van der Waals surface area contributed by atoms with Crippen molar-refractivity contribution < 1.29 is 9.47 Å². The van der Waals surface area contributed by atoms with Crippen molar-refractivity contribution in [3.63, 3.8) is 0 Å². The molecule has 0 N–H and O–H groups in total. The maximum atomic E-state index is 5.89. The van der Waals surface area contributed by atoms with Crippen molar-refractivity contribution in [1.29, 1.82) is 0 Å². The van der Waals surface area contributed by atoms with Gasteiger partial charge in [-0.1, -0.05) is 166 Å². The van der Waals surface area contributed by atoms with Crippen LogP contribution in [0.15, 0.2) is 60.7 Å². The van der Waals surface area contributed by atoms with Gasteiger partial charge in [0.15, 0.2) is 0 Å². The zero-order valence-corrected chi connectivity index (χ0v) is 29.7. The Balaban J connectivity index is 1.26. The summed E-state index contributed by atoms with van der Waals surface area (Å²) in [6, 6.07) is 17.8. The lowest BCUT2D eigenvalue weighted by molar-refractivity contribution is 0.116. The van der Waals surface area contributed by atoms with Gasteiger partial charge < -0.3 is 9.47 Å². The minimum atomic E-state index is 0.217. The summed E-state index contributed by atoms with van der Waals surface area (Å²) in [7, 11) is 0. The third-order valence-corrected chi connectivity index (χ3v) is 8.66. The molecule has 248 valence electrons.